The number of ether oxygens (including phenoxy) is 4. The number of carbonyl (C=O) groups excluding carboxylic acids is 3. The standard InChI is InChI=1S/C31H28N2O9S/c1-6-13-41-19-12-11-17(14-21(19)40-7-2)24-23(25(34)22-15-18-9-8-10-20(38-4)27(18)42-22)26(35)29(36)33(24)31-32-16(3)28(43-31)30(37)39-5/h6,8-12,14-15,24,35H,1,7,13H2,2-5H3. The number of benzene rings is 2. The molecule has 43 heavy (non-hydrogen) atoms. The second-order valence-corrected chi connectivity index (χ2v) is 10.3. The predicted octanol–water partition coefficient (Wildman–Crippen LogP) is 5.74. The molecule has 0 bridgehead atoms. The molecule has 0 aliphatic carbocycles. The highest BCUT2D eigenvalue weighted by Crippen LogP contribution is 2.46. The molecule has 0 saturated heterocycles. The number of aliphatic hydroxyl groups is 1. The summed E-state index contributed by atoms with van der Waals surface area (Å²) in [5, 5.41) is 11.9. The summed E-state index contributed by atoms with van der Waals surface area (Å²) in [7, 11) is 2.72. The van der Waals surface area contributed by atoms with Gasteiger partial charge in [-0.2, -0.15) is 0 Å². The van der Waals surface area contributed by atoms with Gasteiger partial charge in [0.25, 0.3) is 5.91 Å². The highest BCUT2D eigenvalue weighted by atomic mass is 32.1. The monoisotopic (exact) mass is 604 g/mol. The van der Waals surface area contributed by atoms with E-state index in [0.717, 1.165) is 11.3 Å². The first-order chi connectivity index (χ1) is 20.7. The number of carbonyl (C=O) groups is 3. The first kappa shape index (κ1) is 29.4. The minimum atomic E-state index is -1.17. The molecular formula is C31H28N2O9S. The number of anilines is 1. The smallest absolute Gasteiger partial charge is 0.350 e. The van der Waals surface area contributed by atoms with Crippen LogP contribution in [0.2, 0.25) is 0 Å². The van der Waals surface area contributed by atoms with Gasteiger partial charge in [0.1, 0.15) is 11.5 Å². The van der Waals surface area contributed by atoms with Gasteiger partial charge in [0.15, 0.2) is 39.5 Å². The quantitative estimate of drug-likeness (QED) is 0.128. The molecule has 12 heteroatoms. The minimum absolute atomic E-state index is 0.0819. The Bertz CT molecular complexity index is 1780. The molecule has 1 unspecified atom stereocenters. The SMILES string of the molecule is C=CCOc1ccc(C2C(C(=O)c3cc4cccc(OC)c4o3)=C(O)C(=O)N2c2nc(C)c(C(=O)OC)s2)cc1OCC. The third-order valence-electron chi connectivity index (χ3n) is 6.71. The Labute approximate surface area is 250 Å². The van der Waals surface area contributed by atoms with Gasteiger partial charge in [-0.05, 0) is 43.7 Å². The van der Waals surface area contributed by atoms with Gasteiger partial charge in [0, 0.05) is 5.39 Å². The van der Waals surface area contributed by atoms with E-state index in [0.29, 0.717) is 46.1 Å². The summed E-state index contributed by atoms with van der Waals surface area (Å²) >= 11 is 0.904. The number of methoxy groups -OCH3 is 2. The van der Waals surface area contributed by atoms with Crippen LogP contribution in [-0.2, 0) is 9.53 Å². The first-order valence-corrected chi connectivity index (χ1v) is 14.0. The van der Waals surface area contributed by atoms with E-state index in [1.807, 2.05) is 0 Å². The number of aliphatic hydroxyl groups excluding tert-OH is 1. The Hall–Kier alpha value is -5.10. The molecule has 1 N–H and O–H groups in total. The van der Waals surface area contributed by atoms with Gasteiger partial charge in [-0.25, -0.2) is 9.78 Å². The van der Waals surface area contributed by atoms with Crippen molar-refractivity contribution in [3.63, 3.8) is 0 Å². The maximum Gasteiger partial charge on any atom is 0.350 e. The van der Waals surface area contributed by atoms with E-state index in [2.05, 4.69) is 11.6 Å². The second-order valence-electron chi connectivity index (χ2n) is 9.30. The van der Waals surface area contributed by atoms with Gasteiger partial charge in [-0.1, -0.05) is 42.2 Å². The van der Waals surface area contributed by atoms with Crippen molar-refractivity contribution in [2.45, 2.75) is 19.9 Å². The van der Waals surface area contributed by atoms with Crippen LogP contribution in [0.25, 0.3) is 11.0 Å². The van der Waals surface area contributed by atoms with Crippen LogP contribution in [0.1, 0.15) is 44.4 Å². The average Bonchev–Trinajstić information content (AvgIpc) is 3.69. The maximum absolute atomic E-state index is 14.1. The van der Waals surface area contributed by atoms with Gasteiger partial charge in [0.2, 0.25) is 5.78 Å². The lowest BCUT2D eigenvalue weighted by atomic mass is 9.95. The molecule has 0 saturated carbocycles. The van der Waals surface area contributed by atoms with Gasteiger partial charge < -0.3 is 28.5 Å². The number of aryl methyl sites for hydroxylation is 1. The lowest BCUT2D eigenvalue weighted by molar-refractivity contribution is -0.117. The first-order valence-electron chi connectivity index (χ1n) is 13.2. The van der Waals surface area contributed by atoms with Crippen LogP contribution in [0.5, 0.6) is 17.2 Å². The van der Waals surface area contributed by atoms with E-state index < -0.39 is 29.5 Å². The van der Waals surface area contributed by atoms with Crippen molar-refractivity contribution in [2.75, 3.05) is 32.3 Å². The summed E-state index contributed by atoms with van der Waals surface area (Å²) < 4.78 is 27.6. The van der Waals surface area contributed by atoms with E-state index in [4.69, 9.17) is 23.4 Å². The molecule has 3 heterocycles. The summed E-state index contributed by atoms with van der Waals surface area (Å²) in [6.45, 7) is 7.60. The Kier molecular flexibility index (Phi) is 8.22. The predicted molar refractivity (Wildman–Crippen MR) is 158 cm³/mol. The van der Waals surface area contributed by atoms with E-state index in [-0.39, 0.29) is 27.9 Å². The Morgan fingerprint density at radius 2 is 1.93 bits per heavy atom. The summed E-state index contributed by atoms with van der Waals surface area (Å²) in [4.78, 5) is 45.9. The minimum Gasteiger partial charge on any atom is -0.503 e. The zero-order valence-corrected chi connectivity index (χ0v) is 24.6. The molecule has 5 rings (SSSR count). The molecular weight excluding hydrogens is 576 g/mol. The number of furan rings is 1. The van der Waals surface area contributed by atoms with Crippen molar-refractivity contribution in [1.82, 2.24) is 4.98 Å². The molecule has 1 amide bonds. The molecule has 1 aliphatic heterocycles. The second kappa shape index (κ2) is 12.0. The normalized spacial score (nSPS) is 14.7. The largest absolute Gasteiger partial charge is 0.503 e. The third kappa shape index (κ3) is 5.21. The highest BCUT2D eigenvalue weighted by Gasteiger charge is 2.47. The number of Topliss-reactive ketones (excluding diaryl/α,β-unsaturated/α-hetero) is 1. The van der Waals surface area contributed by atoms with Crippen molar-refractivity contribution in [3.8, 4) is 17.2 Å². The van der Waals surface area contributed by atoms with Crippen LogP contribution in [0.15, 0.2) is 70.9 Å². The zero-order valence-electron chi connectivity index (χ0n) is 23.8. The molecule has 2 aromatic heterocycles. The van der Waals surface area contributed by atoms with Gasteiger partial charge in [-0.3, -0.25) is 14.5 Å². The molecule has 11 nitrogen and oxygen atoms in total. The maximum atomic E-state index is 14.1. The molecule has 222 valence electrons. The van der Waals surface area contributed by atoms with Gasteiger partial charge >= 0.3 is 5.97 Å². The van der Waals surface area contributed by atoms with Gasteiger partial charge in [-0.15, -0.1) is 0 Å². The van der Waals surface area contributed by atoms with Crippen molar-refractivity contribution in [3.05, 3.63) is 88.3 Å². The summed E-state index contributed by atoms with van der Waals surface area (Å²) in [5.74, 6) is -1.92. The molecule has 0 radical (unpaired) electrons. The number of fused-ring (bicyclic) bond motifs is 1. The summed E-state index contributed by atoms with van der Waals surface area (Å²) in [6, 6.07) is 10.5. The number of para-hydroxylation sites is 1. The number of ketones is 1. The fraction of sp³-hybridized carbons (Fsp3) is 0.226. The van der Waals surface area contributed by atoms with Crippen LogP contribution in [-0.4, -0.2) is 55.2 Å². The van der Waals surface area contributed by atoms with E-state index in [1.54, 1.807) is 56.3 Å². The Balaban J connectivity index is 1.68. The molecule has 2 aromatic carbocycles. The fourth-order valence-corrected chi connectivity index (χ4v) is 5.80. The molecule has 0 spiro atoms. The van der Waals surface area contributed by atoms with Crippen LogP contribution in [0.3, 0.4) is 0 Å². The number of aromatic nitrogens is 1. The number of amides is 1. The van der Waals surface area contributed by atoms with Gasteiger partial charge in [0.05, 0.1) is 38.1 Å². The average molecular weight is 605 g/mol. The van der Waals surface area contributed by atoms with Crippen molar-refractivity contribution in [2.24, 2.45) is 0 Å². The number of hydrogen-bond acceptors (Lipinski definition) is 11. The number of thiazole rings is 1. The van der Waals surface area contributed by atoms with Crippen molar-refractivity contribution >= 4 is 45.1 Å². The highest BCUT2D eigenvalue weighted by molar-refractivity contribution is 7.17. The van der Waals surface area contributed by atoms with Crippen LogP contribution in [0, 0.1) is 6.92 Å². The summed E-state index contributed by atoms with van der Waals surface area (Å²) in [6.07, 6.45) is 1.59. The van der Waals surface area contributed by atoms with Crippen molar-refractivity contribution in [1.29, 1.82) is 0 Å². The molecule has 1 atom stereocenters. The van der Waals surface area contributed by atoms with E-state index in [9.17, 15) is 19.5 Å². The fourth-order valence-electron chi connectivity index (χ4n) is 4.79. The zero-order chi connectivity index (χ0) is 30.8. The third-order valence-corrected chi connectivity index (χ3v) is 7.84. The van der Waals surface area contributed by atoms with Crippen molar-refractivity contribution < 1.29 is 42.9 Å². The van der Waals surface area contributed by atoms with E-state index in [1.165, 1.54) is 25.2 Å². The van der Waals surface area contributed by atoms with E-state index >= 15 is 0 Å². The topological polar surface area (TPSA) is 138 Å². The Morgan fingerprint density at radius 3 is 2.63 bits per heavy atom. The number of hydrogen-bond donors (Lipinski definition) is 1. The van der Waals surface area contributed by atoms with Crippen LogP contribution in [0.4, 0.5) is 5.13 Å². The molecule has 1 aliphatic rings. The Morgan fingerprint density at radius 1 is 1.14 bits per heavy atom. The summed E-state index contributed by atoms with van der Waals surface area (Å²) in [5.41, 5.74) is 0.839. The van der Waals surface area contributed by atoms with Crippen LogP contribution < -0.4 is 19.1 Å². The number of rotatable bonds is 11. The lowest BCUT2D eigenvalue weighted by Crippen LogP contribution is -2.31. The molecule has 0 fully saturated rings. The lowest BCUT2D eigenvalue weighted by Gasteiger charge is -2.25. The number of nitrogens with zero attached hydrogens (tertiary/aromatic N) is 2. The number of esters is 1. The van der Waals surface area contributed by atoms with Crippen LogP contribution >= 0.6 is 11.3 Å². The molecule has 4 aromatic rings.